The Labute approximate surface area is 91.9 Å². The summed E-state index contributed by atoms with van der Waals surface area (Å²) < 4.78 is 0. The molecular formula is C11H22N2O2. The molecule has 0 aromatic heterocycles. The minimum absolute atomic E-state index is 0.150. The van der Waals surface area contributed by atoms with E-state index in [0.29, 0.717) is 6.54 Å². The zero-order valence-electron chi connectivity index (χ0n) is 9.99. The molecule has 88 valence electrons. The minimum atomic E-state index is -0.599. The summed E-state index contributed by atoms with van der Waals surface area (Å²) in [6, 6.07) is 0. The van der Waals surface area contributed by atoms with Gasteiger partial charge < -0.3 is 10.0 Å². The van der Waals surface area contributed by atoms with Crippen LogP contribution in [0, 0.1) is 0 Å². The van der Waals surface area contributed by atoms with Crippen LogP contribution in [0.4, 0.5) is 0 Å². The van der Waals surface area contributed by atoms with Crippen molar-refractivity contribution < 1.29 is 9.90 Å². The molecule has 1 heterocycles. The number of hydrogen-bond donors (Lipinski definition) is 1. The number of β-amino-alcohol motifs (C(OH)–C–C–N with tert-alkyl or cyclic N) is 1. The van der Waals surface area contributed by atoms with E-state index in [1.54, 1.807) is 6.92 Å². The number of rotatable bonds is 3. The van der Waals surface area contributed by atoms with Gasteiger partial charge in [-0.05, 0) is 13.3 Å². The first-order valence-corrected chi connectivity index (χ1v) is 5.65. The van der Waals surface area contributed by atoms with Crippen LogP contribution in [0.2, 0.25) is 0 Å². The molecule has 4 nitrogen and oxygen atoms in total. The van der Waals surface area contributed by atoms with E-state index in [1.807, 2.05) is 18.7 Å². The van der Waals surface area contributed by atoms with E-state index < -0.39 is 5.60 Å². The third kappa shape index (κ3) is 3.80. The Bertz CT molecular complexity index is 221. The maximum Gasteiger partial charge on any atom is 0.219 e. The number of piperazine rings is 1. The van der Waals surface area contributed by atoms with Crippen LogP contribution < -0.4 is 0 Å². The molecule has 1 aliphatic rings. The second-order valence-electron chi connectivity index (χ2n) is 4.63. The van der Waals surface area contributed by atoms with Crippen LogP contribution >= 0.6 is 0 Å². The van der Waals surface area contributed by atoms with Crippen LogP contribution in [0.15, 0.2) is 0 Å². The van der Waals surface area contributed by atoms with Gasteiger partial charge in [0.25, 0.3) is 0 Å². The lowest BCUT2D eigenvalue weighted by Gasteiger charge is -2.37. The topological polar surface area (TPSA) is 43.8 Å². The largest absolute Gasteiger partial charge is 0.389 e. The molecule has 0 aromatic rings. The lowest BCUT2D eigenvalue weighted by Crippen LogP contribution is -2.52. The molecule has 0 spiro atoms. The molecule has 1 unspecified atom stereocenters. The first-order chi connectivity index (χ1) is 6.94. The minimum Gasteiger partial charge on any atom is -0.389 e. The fraction of sp³-hybridized carbons (Fsp3) is 0.909. The fourth-order valence-electron chi connectivity index (χ4n) is 1.81. The van der Waals surface area contributed by atoms with Crippen LogP contribution in [0.25, 0.3) is 0 Å². The van der Waals surface area contributed by atoms with Gasteiger partial charge in [-0.25, -0.2) is 0 Å². The fourth-order valence-corrected chi connectivity index (χ4v) is 1.81. The van der Waals surface area contributed by atoms with Gasteiger partial charge in [-0.15, -0.1) is 0 Å². The standard InChI is InChI=1S/C11H22N2O2/c1-4-11(3,15)9-12-5-7-13(8-6-12)10(2)14/h15H,4-9H2,1-3H3. The Balaban J connectivity index is 2.35. The molecule has 0 aromatic carbocycles. The normalized spacial score (nSPS) is 22.5. The van der Waals surface area contributed by atoms with E-state index in [0.717, 1.165) is 32.6 Å². The highest BCUT2D eigenvalue weighted by Crippen LogP contribution is 2.12. The highest BCUT2D eigenvalue weighted by Gasteiger charge is 2.25. The second kappa shape index (κ2) is 4.94. The molecular weight excluding hydrogens is 192 g/mol. The van der Waals surface area contributed by atoms with Crippen molar-refractivity contribution in [3.63, 3.8) is 0 Å². The molecule has 1 N–H and O–H groups in total. The predicted octanol–water partition coefficient (Wildman–Crippen LogP) is 0.311. The summed E-state index contributed by atoms with van der Waals surface area (Å²) in [5.41, 5.74) is -0.599. The molecule has 1 rings (SSSR count). The predicted molar refractivity (Wildman–Crippen MR) is 59.6 cm³/mol. The number of amides is 1. The average molecular weight is 214 g/mol. The molecule has 15 heavy (non-hydrogen) atoms. The number of carbonyl (C=O) groups excluding carboxylic acids is 1. The molecule has 0 bridgehead atoms. The van der Waals surface area contributed by atoms with E-state index >= 15 is 0 Å². The van der Waals surface area contributed by atoms with Crippen molar-refractivity contribution in [2.45, 2.75) is 32.8 Å². The van der Waals surface area contributed by atoms with Crippen LogP contribution in [0.1, 0.15) is 27.2 Å². The van der Waals surface area contributed by atoms with Crippen molar-refractivity contribution >= 4 is 5.91 Å². The molecule has 1 aliphatic heterocycles. The smallest absolute Gasteiger partial charge is 0.219 e. The Kier molecular flexibility index (Phi) is 4.11. The second-order valence-corrected chi connectivity index (χ2v) is 4.63. The van der Waals surface area contributed by atoms with E-state index in [2.05, 4.69) is 4.90 Å². The van der Waals surface area contributed by atoms with Gasteiger partial charge in [-0.3, -0.25) is 9.69 Å². The zero-order valence-corrected chi connectivity index (χ0v) is 9.99. The summed E-state index contributed by atoms with van der Waals surface area (Å²) >= 11 is 0. The number of hydrogen-bond acceptors (Lipinski definition) is 3. The monoisotopic (exact) mass is 214 g/mol. The van der Waals surface area contributed by atoms with E-state index in [9.17, 15) is 9.90 Å². The van der Waals surface area contributed by atoms with Crippen LogP contribution in [-0.2, 0) is 4.79 Å². The SMILES string of the molecule is CCC(C)(O)CN1CCN(C(C)=O)CC1. The Morgan fingerprint density at radius 3 is 2.27 bits per heavy atom. The van der Waals surface area contributed by atoms with Crippen molar-refractivity contribution in [1.29, 1.82) is 0 Å². The molecule has 1 saturated heterocycles. The first-order valence-electron chi connectivity index (χ1n) is 5.65. The number of nitrogens with zero attached hydrogens (tertiary/aromatic N) is 2. The first kappa shape index (κ1) is 12.5. The van der Waals surface area contributed by atoms with Crippen LogP contribution in [0.3, 0.4) is 0 Å². The summed E-state index contributed by atoms with van der Waals surface area (Å²) in [5, 5.41) is 9.93. The molecule has 0 aliphatic carbocycles. The molecule has 1 atom stereocenters. The van der Waals surface area contributed by atoms with Crippen molar-refractivity contribution in [3.05, 3.63) is 0 Å². The maximum atomic E-state index is 11.1. The molecule has 1 amide bonds. The lowest BCUT2D eigenvalue weighted by atomic mass is 10.0. The lowest BCUT2D eigenvalue weighted by molar-refractivity contribution is -0.130. The van der Waals surface area contributed by atoms with E-state index in [4.69, 9.17) is 0 Å². The summed E-state index contributed by atoms with van der Waals surface area (Å²) in [4.78, 5) is 15.2. The molecule has 4 heteroatoms. The molecule has 0 saturated carbocycles. The maximum absolute atomic E-state index is 11.1. The number of carbonyl (C=O) groups is 1. The van der Waals surface area contributed by atoms with Gasteiger partial charge >= 0.3 is 0 Å². The van der Waals surface area contributed by atoms with Gasteiger partial charge in [-0.1, -0.05) is 6.92 Å². The number of aliphatic hydroxyl groups is 1. The third-order valence-electron chi connectivity index (χ3n) is 3.14. The van der Waals surface area contributed by atoms with E-state index in [1.165, 1.54) is 0 Å². The van der Waals surface area contributed by atoms with E-state index in [-0.39, 0.29) is 5.91 Å². The summed E-state index contributed by atoms with van der Waals surface area (Å²) in [7, 11) is 0. The zero-order chi connectivity index (χ0) is 11.5. The van der Waals surface area contributed by atoms with Crippen LogP contribution in [0.5, 0.6) is 0 Å². The third-order valence-corrected chi connectivity index (χ3v) is 3.14. The highest BCUT2D eigenvalue weighted by molar-refractivity contribution is 5.73. The summed E-state index contributed by atoms with van der Waals surface area (Å²) in [6.07, 6.45) is 0.764. The Hall–Kier alpha value is -0.610. The van der Waals surface area contributed by atoms with Crippen molar-refractivity contribution in [2.24, 2.45) is 0 Å². The van der Waals surface area contributed by atoms with Crippen LogP contribution in [-0.4, -0.2) is 59.1 Å². The van der Waals surface area contributed by atoms with Crippen molar-refractivity contribution in [2.75, 3.05) is 32.7 Å². The molecule has 0 radical (unpaired) electrons. The van der Waals surface area contributed by atoms with Crippen molar-refractivity contribution in [3.8, 4) is 0 Å². The summed E-state index contributed by atoms with van der Waals surface area (Å²) in [6.45, 7) is 9.49. The average Bonchev–Trinajstić information content (AvgIpc) is 2.18. The van der Waals surface area contributed by atoms with Gasteiger partial charge in [0.05, 0.1) is 5.60 Å². The Morgan fingerprint density at radius 2 is 1.87 bits per heavy atom. The van der Waals surface area contributed by atoms with Gasteiger partial charge in [0, 0.05) is 39.6 Å². The molecule has 1 fully saturated rings. The van der Waals surface area contributed by atoms with Gasteiger partial charge in [0.2, 0.25) is 5.91 Å². The highest BCUT2D eigenvalue weighted by atomic mass is 16.3. The quantitative estimate of drug-likeness (QED) is 0.735. The van der Waals surface area contributed by atoms with Gasteiger partial charge in [-0.2, -0.15) is 0 Å². The van der Waals surface area contributed by atoms with Crippen molar-refractivity contribution in [1.82, 2.24) is 9.80 Å². The summed E-state index contributed by atoms with van der Waals surface area (Å²) in [5.74, 6) is 0.150. The van der Waals surface area contributed by atoms with Gasteiger partial charge in [0.1, 0.15) is 0 Å². The Morgan fingerprint density at radius 1 is 1.33 bits per heavy atom. The van der Waals surface area contributed by atoms with Gasteiger partial charge in [0.15, 0.2) is 0 Å².